The fourth-order valence-corrected chi connectivity index (χ4v) is 1.68. The smallest absolute Gasteiger partial charge is 0.177 e. The van der Waals surface area contributed by atoms with Gasteiger partial charge in [-0.2, -0.15) is 5.10 Å². The molecule has 3 aromatic heterocycles. The summed E-state index contributed by atoms with van der Waals surface area (Å²) in [5.41, 5.74) is 2.86. The largest absolute Gasteiger partial charge is 0.339 e. The van der Waals surface area contributed by atoms with Crippen molar-refractivity contribution in [3.8, 4) is 0 Å². The normalized spacial score (nSPS) is 11.1. The van der Waals surface area contributed by atoms with Crippen molar-refractivity contribution in [3.05, 3.63) is 42.1 Å². The molecular formula is C11H11N5. The van der Waals surface area contributed by atoms with Crippen LogP contribution in [0.25, 0.3) is 11.2 Å². The second-order valence-electron chi connectivity index (χ2n) is 3.77. The van der Waals surface area contributed by atoms with E-state index in [9.17, 15) is 0 Å². The minimum atomic E-state index is 0.641. The van der Waals surface area contributed by atoms with Gasteiger partial charge in [-0.25, -0.2) is 9.97 Å². The summed E-state index contributed by atoms with van der Waals surface area (Å²) in [7, 11) is 0. The van der Waals surface area contributed by atoms with Crippen molar-refractivity contribution in [1.29, 1.82) is 0 Å². The molecule has 3 aromatic rings. The van der Waals surface area contributed by atoms with E-state index in [1.165, 1.54) is 0 Å². The van der Waals surface area contributed by atoms with Crippen molar-refractivity contribution in [2.45, 2.75) is 13.5 Å². The highest BCUT2D eigenvalue weighted by molar-refractivity contribution is 5.70. The van der Waals surface area contributed by atoms with E-state index >= 15 is 0 Å². The molecule has 5 heteroatoms. The number of aromatic amines is 1. The molecule has 5 nitrogen and oxygen atoms in total. The molecule has 0 bridgehead atoms. The Kier molecular flexibility index (Phi) is 1.96. The summed E-state index contributed by atoms with van der Waals surface area (Å²) in [6, 6.07) is 3.94. The zero-order valence-corrected chi connectivity index (χ0v) is 8.88. The molecule has 0 aliphatic heterocycles. The van der Waals surface area contributed by atoms with Gasteiger partial charge in [0.25, 0.3) is 0 Å². The predicted molar refractivity (Wildman–Crippen MR) is 60.0 cm³/mol. The van der Waals surface area contributed by atoms with Gasteiger partial charge in [0.2, 0.25) is 0 Å². The Bertz CT molecular complexity index is 608. The molecule has 0 fully saturated rings. The van der Waals surface area contributed by atoms with Crippen LogP contribution in [0.15, 0.2) is 30.7 Å². The fraction of sp³-hybridized carbons (Fsp3) is 0.182. The fourth-order valence-electron chi connectivity index (χ4n) is 1.68. The van der Waals surface area contributed by atoms with Gasteiger partial charge < -0.3 is 4.98 Å². The standard InChI is InChI=1S/C11H11N5/c1-8-5-9-11(12-6-8)15-10(14-9)7-16-4-2-3-13-16/h2-6H,7H2,1H3,(H,12,14,15). The molecule has 0 aromatic carbocycles. The molecule has 3 heterocycles. The maximum Gasteiger partial charge on any atom is 0.177 e. The van der Waals surface area contributed by atoms with E-state index in [0.29, 0.717) is 6.54 Å². The summed E-state index contributed by atoms with van der Waals surface area (Å²) in [6.07, 6.45) is 5.48. The Hall–Kier alpha value is -2.17. The summed E-state index contributed by atoms with van der Waals surface area (Å²) in [4.78, 5) is 11.9. The van der Waals surface area contributed by atoms with Crippen LogP contribution in [-0.2, 0) is 6.54 Å². The van der Waals surface area contributed by atoms with Crippen LogP contribution in [0, 0.1) is 6.92 Å². The second kappa shape index (κ2) is 3.44. The number of rotatable bonds is 2. The van der Waals surface area contributed by atoms with Crippen molar-refractivity contribution in [2.24, 2.45) is 0 Å². The number of nitrogens with zero attached hydrogens (tertiary/aromatic N) is 4. The Morgan fingerprint density at radius 2 is 2.38 bits per heavy atom. The van der Waals surface area contributed by atoms with Crippen LogP contribution in [0.3, 0.4) is 0 Å². The Morgan fingerprint density at radius 1 is 1.44 bits per heavy atom. The summed E-state index contributed by atoms with van der Waals surface area (Å²) < 4.78 is 1.82. The van der Waals surface area contributed by atoms with E-state index in [4.69, 9.17) is 0 Å². The molecule has 0 saturated carbocycles. The predicted octanol–water partition coefficient (Wildman–Crippen LogP) is 1.51. The van der Waals surface area contributed by atoms with Crippen molar-refractivity contribution in [1.82, 2.24) is 24.7 Å². The van der Waals surface area contributed by atoms with Crippen molar-refractivity contribution in [3.63, 3.8) is 0 Å². The van der Waals surface area contributed by atoms with Crippen LogP contribution < -0.4 is 0 Å². The highest BCUT2D eigenvalue weighted by Gasteiger charge is 2.04. The average Bonchev–Trinajstić information content (AvgIpc) is 2.86. The molecule has 1 N–H and O–H groups in total. The zero-order chi connectivity index (χ0) is 11.0. The zero-order valence-electron chi connectivity index (χ0n) is 8.88. The van der Waals surface area contributed by atoms with E-state index in [2.05, 4.69) is 20.1 Å². The highest BCUT2D eigenvalue weighted by Crippen LogP contribution is 2.10. The summed E-state index contributed by atoms with van der Waals surface area (Å²) in [6.45, 7) is 2.66. The third-order valence-corrected chi connectivity index (χ3v) is 2.39. The first-order chi connectivity index (χ1) is 7.81. The van der Waals surface area contributed by atoms with E-state index in [0.717, 1.165) is 22.6 Å². The first-order valence-electron chi connectivity index (χ1n) is 5.10. The number of hydrogen-bond donors (Lipinski definition) is 1. The van der Waals surface area contributed by atoms with E-state index in [1.807, 2.05) is 36.1 Å². The van der Waals surface area contributed by atoms with Crippen LogP contribution in [0.1, 0.15) is 11.4 Å². The Morgan fingerprint density at radius 3 is 3.19 bits per heavy atom. The Labute approximate surface area is 92.2 Å². The third-order valence-electron chi connectivity index (χ3n) is 2.39. The van der Waals surface area contributed by atoms with Crippen molar-refractivity contribution < 1.29 is 0 Å². The van der Waals surface area contributed by atoms with Crippen molar-refractivity contribution in [2.75, 3.05) is 0 Å². The van der Waals surface area contributed by atoms with Crippen molar-refractivity contribution >= 4 is 11.2 Å². The SMILES string of the molecule is Cc1cnc2nc(Cn3cccn3)[nH]c2c1. The van der Waals surface area contributed by atoms with Gasteiger partial charge in [-0.3, -0.25) is 4.68 Å². The first kappa shape index (κ1) is 9.08. The first-order valence-corrected chi connectivity index (χ1v) is 5.10. The van der Waals surface area contributed by atoms with Gasteiger partial charge in [-0.15, -0.1) is 0 Å². The topological polar surface area (TPSA) is 59.4 Å². The molecule has 0 spiro atoms. The molecule has 80 valence electrons. The van der Waals surface area contributed by atoms with Crippen LogP contribution in [-0.4, -0.2) is 24.7 Å². The molecule has 0 radical (unpaired) electrons. The number of aryl methyl sites for hydroxylation is 1. The van der Waals surface area contributed by atoms with Gasteiger partial charge in [0.1, 0.15) is 5.82 Å². The number of imidazole rings is 1. The molecule has 3 rings (SSSR count). The summed E-state index contributed by atoms with van der Waals surface area (Å²) in [5, 5.41) is 4.14. The maximum absolute atomic E-state index is 4.40. The van der Waals surface area contributed by atoms with Gasteiger partial charge >= 0.3 is 0 Å². The molecule has 16 heavy (non-hydrogen) atoms. The van der Waals surface area contributed by atoms with Gasteiger partial charge in [-0.1, -0.05) is 0 Å². The maximum atomic E-state index is 4.40. The molecule has 0 aliphatic carbocycles. The molecule has 0 atom stereocenters. The molecule has 0 amide bonds. The number of fused-ring (bicyclic) bond motifs is 1. The second-order valence-corrected chi connectivity index (χ2v) is 3.77. The van der Waals surface area contributed by atoms with E-state index in [-0.39, 0.29) is 0 Å². The van der Waals surface area contributed by atoms with E-state index < -0.39 is 0 Å². The quantitative estimate of drug-likeness (QED) is 0.702. The van der Waals surface area contributed by atoms with E-state index in [1.54, 1.807) is 6.20 Å². The van der Waals surface area contributed by atoms with Gasteiger partial charge in [0.15, 0.2) is 5.65 Å². The van der Waals surface area contributed by atoms with Gasteiger partial charge in [0.05, 0.1) is 12.1 Å². The lowest BCUT2D eigenvalue weighted by atomic mass is 10.3. The molecular weight excluding hydrogens is 202 g/mol. The van der Waals surface area contributed by atoms with Crippen LogP contribution >= 0.6 is 0 Å². The number of nitrogens with one attached hydrogen (secondary N) is 1. The van der Waals surface area contributed by atoms with Gasteiger partial charge in [-0.05, 0) is 24.6 Å². The third kappa shape index (κ3) is 1.56. The number of H-pyrrole nitrogens is 1. The molecule has 0 unspecified atom stereocenters. The molecule has 0 saturated heterocycles. The molecule has 0 aliphatic rings. The summed E-state index contributed by atoms with van der Waals surface area (Å²) >= 11 is 0. The van der Waals surface area contributed by atoms with Crippen LogP contribution in [0.5, 0.6) is 0 Å². The van der Waals surface area contributed by atoms with Gasteiger partial charge in [0, 0.05) is 18.6 Å². The minimum absolute atomic E-state index is 0.641. The lowest BCUT2D eigenvalue weighted by molar-refractivity contribution is 0.663. The lowest BCUT2D eigenvalue weighted by Gasteiger charge is -1.95. The minimum Gasteiger partial charge on any atom is -0.339 e. The highest BCUT2D eigenvalue weighted by atomic mass is 15.3. The lowest BCUT2D eigenvalue weighted by Crippen LogP contribution is -2.01. The Balaban J connectivity index is 1.99. The monoisotopic (exact) mass is 213 g/mol. The number of pyridine rings is 1. The number of hydrogen-bond acceptors (Lipinski definition) is 3. The summed E-state index contributed by atoms with van der Waals surface area (Å²) in [5.74, 6) is 0.872. The van der Waals surface area contributed by atoms with Crippen LogP contribution in [0.2, 0.25) is 0 Å². The average molecular weight is 213 g/mol. The number of aromatic nitrogens is 5. The van der Waals surface area contributed by atoms with Crippen LogP contribution in [0.4, 0.5) is 0 Å².